The Morgan fingerprint density at radius 1 is 0.898 bits per heavy atom. The first-order chi connectivity index (χ1) is 23.3. The largest absolute Gasteiger partial charge is 0.756 e. The number of quaternary nitrogens is 1. The summed E-state index contributed by atoms with van der Waals surface area (Å²) in [4.78, 5) is 47.4. The Morgan fingerprint density at radius 2 is 1.51 bits per heavy atom. The van der Waals surface area contributed by atoms with E-state index in [9.17, 15) is 29.2 Å². The van der Waals surface area contributed by atoms with Gasteiger partial charge in [-0.05, 0) is 35.6 Å². The number of nitro benzene ring substituents is 1. The second kappa shape index (κ2) is 22.5. The Balaban J connectivity index is 1.60. The smallest absolute Gasteiger partial charge is 0.306 e. The first-order valence-electron chi connectivity index (χ1n) is 17.2. The molecule has 16 nitrogen and oxygen atoms in total. The van der Waals surface area contributed by atoms with E-state index in [1.807, 2.05) is 28.1 Å². The molecule has 0 amide bonds. The molecule has 1 unspecified atom stereocenters. The van der Waals surface area contributed by atoms with Crippen molar-refractivity contribution in [3.05, 3.63) is 22.2 Å². The summed E-state index contributed by atoms with van der Waals surface area (Å²) in [7, 11) is 1.06. The zero-order valence-electron chi connectivity index (χ0n) is 29.4. The molecule has 0 radical (unpaired) electrons. The molecule has 278 valence electrons. The van der Waals surface area contributed by atoms with Gasteiger partial charge < -0.3 is 33.2 Å². The minimum atomic E-state index is -4.64. The number of carbonyl (C=O) groups is 2. The van der Waals surface area contributed by atoms with Crippen LogP contribution in [0.5, 0.6) is 0 Å². The summed E-state index contributed by atoms with van der Waals surface area (Å²) in [6.07, 6.45) is 10.6. The number of phosphoric acid groups is 1. The number of phosphoric ester groups is 1. The average Bonchev–Trinajstić information content (AvgIpc) is 3.52. The van der Waals surface area contributed by atoms with Gasteiger partial charge in [0.2, 0.25) is 5.52 Å². The molecule has 0 saturated carbocycles. The van der Waals surface area contributed by atoms with Crippen LogP contribution in [0.4, 0.5) is 11.4 Å². The molecule has 1 aromatic heterocycles. The Kier molecular flexibility index (Phi) is 19.3. The summed E-state index contributed by atoms with van der Waals surface area (Å²) in [5.41, 5.74) is 0.983. The lowest BCUT2D eigenvalue weighted by Crippen LogP contribution is -2.37. The quantitative estimate of drug-likeness (QED) is 0.0281. The van der Waals surface area contributed by atoms with E-state index in [0.717, 1.165) is 64.2 Å². The molecule has 1 aromatic carbocycles. The maximum atomic E-state index is 12.5. The van der Waals surface area contributed by atoms with Crippen molar-refractivity contribution >= 4 is 42.2 Å². The number of esters is 2. The van der Waals surface area contributed by atoms with E-state index in [4.69, 9.17) is 18.5 Å². The van der Waals surface area contributed by atoms with Crippen LogP contribution in [0.25, 0.3) is 11.0 Å². The number of nitro groups is 1. The number of benzene rings is 1. The minimum absolute atomic E-state index is 0.0584. The predicted octanol–water partition coefficient (Wildman–Crippen LogP) is 5.69. The molecule has 0 aliphatic carbocycles. The first-order valence-corrected chi connectivity index (χ1v) is 18.7. The van der Waals surface area contributed by atoms with E-state index < -0.39 is 37.4 Å². The fraction of sp³-hybridized carbons (Fsp3) is 0.750. The van der Waals surface area contributed by atoms with E-state index >= 15 is 0 Å². The van der Waals surface area contributed by atoms with Crippen molar-refractivity contribution in [2.24, 2.45) is 0 Å². The molecule has 0 saturated heterocycles. The zero-order chi connectivity index (χ0) is 36.1. The van der Waals surface area contributed by atoms with Crippen molar-refractivity contribution in [3.8, 4) is 0 Å². The summed E-state index contributed by atoms with van der Waals surface area (Å²) < 4.78 is 38.0. The van der Waals surface area contributed by atoms with Gasteiger partial charge in [-0.25, -0.2) is 4.63 Å². The van der Waals surface area contributed by atoms with Crippen molar-refractivity contribution in [1.29, 1.82) is 0 Å². The summed E-state index contributed by atoms with van der Waals surface area (Å²) in [5.74, 6) is -0.950. The van der Waals surface area contributed by atoms with Crippen molar-refractivity contribution in [2.75, 3.05) is 59.4 Å². The number of aromatic nitrogens is 2. The first kappa shape index (κ1) is 42.0. The number of non-ortho nitro benzene ring substituents is 1. The number of nitrogens with zero attached hydrogens (tertiary/aromatic N) is 4. The van der Waals surface area contributed by atoms with Gasteiger partial charge in [0.1, 0.15) is 19.8 Å². The Hall–Kier alpha value is -3.17. The standard InChI is InChI=1S/C32H54N5O11P/c1-5-6-14-17-29(38)44-24-26(25-46-49(42,43)45-23-22-37(2,3)4)47-30(39)18-15-12-10-8-7-9-11-13-16-21-33-27-19-20-28(36(40)41)32-31(27)34-48-35-32/h19-20,26H,5-18,21-25H2,1-4H3,(H-,33,35,42,43)/t26-/m1/s1. The van der Waals surface area contributed by atoms with Crippen LogP contribution in [0.2, 0.25) is 0 Å². The van der Waals surface area contributed by atoms with E-state index in [2.05, 4.69) is 20.3 Å². The fourth-order valence-corrected chi connectivity index (χ4v) is 5.50. The van der Waals surface area contributed by atoms with Gasteiger partial charge in [-0.15, -0.1) is 0 Å². The lowest BCUT2D eigenvalue weighted by molar-refractivity contribution is -0.870. The number of hydrogen-bond acceptors (Lipinski definition) is 14. The van der Waals surface area contributed by atoms with Gasteiger partial charge in [-0.1, -0.05) is 64.7 Å². The molecule has 0 aliphatic rings. The lowest BCUT2D eigenvalue weighted by atomic mass is 10.1. The molecule has 17 heteroatoms. The fourth-order valence-electron chi connectivity index (χ4n) is 4.77. The molecule has 1 heterocycles. The van der Waals surface area contributed by atoms with Crippen molar-refractivity contribution in [2.45, 2.75) is 103 Å². The number of anilines is 1. The van der Waals surface area contributed by atoms with Gasteiger partial charge in [-0.3, -0.25) is 24.3 Å². The highest BCUT2D eigenvalue weighted by Gasteiger charge is 2.22. The molecule has 1 N–H and O–H groups in total. The summed E-state index contributed by atoms with van der Waals surface area (Å²) in [6, 6.07) is 3.00. The predicted molar refractivity (Wildman–Crippen MR) is 181 cm³/mol. The molecule has 0 spiro atoms. The number of carbonyl (C=O) groups excluding carboxylic acids is 2. The topological polar surface area (TPSA) is 205 Å². The van der Waals surface area contributed by atoms with Crippen LogP contribution < -0.4 is 10.2 Å². The molecule has 49 heavy (non-hydrogen) atoms. The van der Waals surface area contributed by atoms with Crippen LogP contribution in [0.15, 0.2) is 16.8 Å². The van der Waals surface area contributed by atoms with Crippen molar-refractivity contribution in [3.63, 3.8) is 0 Å². The summed E-state index contributed by atoms with van der Waals surface area (Å²) >= 11 is 0. The zero-order valence-corrected chi connectivity index (χ0v) is 30.3. The number of fused-ring (bicyclic) bond motifs is 1. The van der Waals surface area contributed by atoms with Crippen LogP contribution in [-0.4, -0.2) is 91.8 Å². The van der Waals surface area contributed by atoms with E-state index in [0.29, 0.717) is 41.6 Å². The van der Waals surface area contributed by atoms with Crippen LogP contribution in [0, 0.1) is 10.1 Å². The average molecular weight is 716 g/mol. The maximum Gasteiger partial charge on any atom is 0.306 e. The van der Waals surface area contributed by atoms with E-state index in [1.165, 1.54) is 6.07 Å². The third-order valence-electron chi connectivity index (χ3n) is 7.61. The summed E-state index contributed by atoms with van der Waals surface area (Å²) in [5, 5.41) is 21.8. The minimum Gasteiger partial charge on any atom is -0.756 e. The number of rotatable bonds is 28. The number of hydrogen-bond donors (Lipinski definition) is 1. The molecule has 2 rings (SSSR count). The molecule has 2 aromatic rings. The second-order valence-corrected chi connectivity index (χ2v) is 14.5. The van der Waals surface area contributed by atoms with Gasteiger partial charge in [-0.2, -0.15) is 0 Å². The SMILES string of the molecule is CCCCCC(=O)OC[C@H](COP(=O)([O-])OCC[N+](C)(C)C)OC(=O)CCCCCCCCCCCNc1ccc([N+](=O)[O-])c2nonc12. The molecule has 0 fully saturated rings. The van der Waals surface area contributed by atoms with Gasteiger partial charge in [0.25, 0.3) is 7.82 Å². The Labute approximate surface area is 288 Å². The van der Waals surface area contributed by atoms with Gasteiger partial charge >= 0.3 is 17.6 Å². The van der Waals surface area contributed by atoms with Gasteiger partial charge in [0, 0.05) is 25.5 Å². The van der Waals surface area contributed by atoms with Crippen LogP contribution in [0.3, 0.4) is 0 Å². The van der Waals surface area contributed by atoms with Gasteiger partial charge in [0.15, 0.2) is 11.6 Å². The van der Waals surface area contributed by atoms with E-state index in [1.54, 1.807) is 6.07 Å². The molecular formula is C32H54N5O11P. The summed E-state index contributed by atoms with van der Waals surface area (Å²) in [6.45, 7) is 2.31. The second-order valence-electron chi connectivity index (χ2n) is 13.1. The van der Waals surface area contributed by atoms with Crippen molar-refractivity contribution in [1.82, 2.24) is 10.3 Å². The molecule has 0 aliphatic heterocycles. The third-order valence-corrected chi connectivity index (χ3v) is 8.57. The number of unbranched alkanes of at least 4 members (excludes halogenated alkanes) is 10. The highest BCUT2D eigenvalue weighted by molar-refractivity contribution is 7.45. The Bertz CT molecular complexity index is 1330. The third kappa shape index (κ3) is 18.4. The number of likely N-dealkylation sites (N-methyl/N-ethyl adjacent to an activating group) is 1. The molecular weight excluding hydrogens is 661 g/mol. The van der Waals surface area contributed by atoms with Crippen LogP contribution in [-0.2, 0) is 32.7 Å². The van der Waals surface area contributed by atoms with Crippen LogP contribution in [0.1, 0.15) is 96.8 Å². The highest BCUT2D eigenvalue weighted by Crippen LogP contribution is 2.38. The maximum absolute atomic E-state index is 12.5. The van der Waals surface area contributed by atoms with E-state index in [-0.39, 0.29) is 37.3 Å². The van der Waals surface area contributed by atoms with Gasteiger partial charge in [0.05, 0.1) is 38.4 Å². The lowest BCUT2D eigenvalue weighted by Gasteiger charge is -2.28. The monoisotopic (exact) mass is 715 g/mol. The normalized spacial score (nSPS) is 13.6. The Morgan fingerprint density at radius 3 is 2.16 bits per heavy atom. The molecule has 2 atom stereocenters. The number of ether oxygens (including phenoxy) is 2. The number of nitrogens with one attached hydrogen (secondary N) is 1. The van der Waals surface area contributed by atoms with Crippen molar-refractivity contribution < 1.29 is 51.6 Å². The molecule has 0 bridgehead atoms. The van der Waals surface area contributed by atoms with Crippen LogP contribution >= 0.6 is 7.82 Å². The highest BCUT2D eigenvalue weighted by atomic mass is 31.2.